The van der Waals surface area contributed by atoms with Gasteiger partial charge in [0.1, 0.15) is 0 Å². The Morgan fingerprint density at radius 1 is 1.14 bits per heavy atom. The molecular formula is C22H31N3O3. The lowest BCUT2D eigenvalue weighted by Crippen LogP contribution is -2.36. The summed E-state index contributed by atoms with van der Waals surface area (Å²) in [4.78, 5) is 28.7. The number of anilines is 2. The van der Waals surface area contributed by atoms with Gasteiger partial charge in [0.15, 0.2) is 0 Å². The van der Waals surface area contributed by atoms with Gasteiger partial charge in [-0.15, -0.1) is 0 Å². The van der Waals surface area contributed by atoms with Crippen molar-refractivity contribution in [2.45, 2.75) is 32.1 Å². The van der Waals surface area contributed by atoms with Crippen molar-refractivity contribution in [1.29, 1.82) is 0 Å². The van der Waals surface area contributed by atoms with Gasteiger partial charge in [0.25, 0.3) is 0 Å². The summed E-state index contributed by atoms with van der Waals surface area (Å²) in [5.41, 5.74) is 1.90. The summed E-state index contributed by atoms with van der Waals surface area (Å²) in [6.45, 7) is 3.38. The van der Waals surface area contributed by atoms with Gasteiger partial charge in [-0.25, -0.2) is 0 Å². The second-order valence-corrected chi connectivity index (χ2v) is 8.58. The molecule has 2 amide bonds. The van der Waals surface area contributed by atoms with Crippen molar-refractivity contribution < 1.29 is 14.3 Å². The molecule has 1 aromatic rings. The van der Waals surface area contributed by atoms with Crippen LogP contribution < -0.4 is 10.2 Å². The average molecular weight is 386 g/mol. The maximum Gasteiger partial charge on any atom is 0.243 e. The third kappa shape index (κ3) is 4.49. The predicted molar refractivity (Wildman–Crippen MR) is 109 cm³/mol. The molecular weight excluding hydrogens is 354 g/mol. The van der Waals surface area contributed by atoms with Crippen LogP contribution in [0.25, 0.3) is 0 Å². The quantitative estimate of drug-likeness (QED) is 0.818. The molecule has 3 aliphatic rings. The van der Waals surface area contributed by atoms with Crippen LogP contribution in [0.4, 0.5) is 11.4 Å². The highest BCUT2D eigenvalue weighted by atomic mass is 16.5. The van der Waals surface area contributed by atoms with Crippen molar-refractivity contribution in [2.75, 3.05) is 50.1 Å². The molecule has 3 atom stereocenters. The Hall–Kier alpha value is -2.08. The number of hydrogen-bond donors (Lipinski definition) is 1. The molecule has 2 bridgehead atoms. The smallest absolute Gasteiger partial charge is 0.243 e. The summed E-state index contributed by atoms with van der Waals surface area (Å²) in [6.07, 6.45) is 5.74. The highest BCUT2D eigenvalue weighted by molar-refractivity contribution is 5.94. The summed E-state index contributed by atoms with van der Waals surface area (Å²) in [5.74, 6) is 2.06. The monoisotopic (exact) mass is 385 g/mol. The normalized spacial score (nSPS) is 26.3. The lowest BCUT2D eigenvalue weighted by Gasteiger charge is -2.29. The molecule has 1 N–H and O–H groups in total. The van der Waals surface area contributed by atoms with Crippen molar-refractivity contribution in [3.8, 4) is 0 Å². The number of nitrogens with one attached hydrogen (secondary N) is 1. The second kappa shape index (κ2) is 8.52. The number of likely N-dealkylation sites (N-methyl/N-ethyl adjacent to an activating group) is 1. The van der Waals surface area contributed by atoms with Crippen LogP contribution in [-0.4, -0.2) is 56.6 Å². The van der Waals surface area contributed by atoms with Gasteiger partial charge in [0.2, 0.25) is 11.8 Å². The molecule has 1 heterocycles. The van der Waals surface area contributed by atoms with E-state index in [1.807, 2.05) is 24.3 Å². The Morgan fingerprint density at radius 3 is 2.54 bits per heavy atom. The minimum absolute atomic E-state index is 0.0929. The van der Waals surface area contributed by atoms with E-state index >= 15 is 0 Å². The Balaban J connectivity index is 1.23. The van der Waals surface area contributed by atoms with Crippen molar-refractivity contribution >= 4 is 23.2 Å². The molecule has 2 saturated carbocycles. The van der Waals surface area contributed by atoms with E-state index in [4.69, 9.17) is 4.74 Å². The third-order valence-electron chi connectivity index (χ3n) is 6.66. The third-order valence-corrected chi connectivity index (χ3v) is 6.66. The summed E-state index contributed by atoms with van der Waals surface area (Å²) in [5, 5.41) is 2.90. The first-order chi connectivity index (χ1) is 13.6. The van der Waals surface area contributed by atoms with E-state index in [9.17, 15) is 9.59 Å². The van der Waals surface area contributed by atoms with Gasteiger partial charge in [0, 0.05) is 37.9 Å². The SMILES string of the molecule is CN(CC(=O)Nc1ccc(N2CCOCC2)cc1)C(=O)C[C@H]1C[C@H]2CC[C@@H]1C2. The number of ether oxygens (including phenoxy) is 1. The first-order valence-electron chi connectivity index (χ1n) is 10.5. The molecule has 1 saturated heterocycles. The van der Waals surface area contributed by atoms with Crippen LogP contribution >= 0.6 is 0 Å². The summed E-state index contributed by atoms with van der Waals surface area (Å²) in [6, 6.07) is 7.87. The van der Waals surface area contributed by atoms with Crippen molar-refractivity contribution in [1.82, 2.24) is 4.90 Å². The van der Waals surface area contributed by atoms with E-state index in [1.54, 1.807) is 11.9 Å². The van der Waals surface area contributed by atoms with E-state index in [0.29, 0.717) is 12.3 Å². The molecule has 4 rings (SSSR count). The van der Waals surface area contributed by atoms with Crippen molar-refractivity contribution in [3.05, 3.63) is 24.3 Å². The van der Waals surface area contributed by atoms with Crippen molar-refractivity contribution in [3.63, 3.8) is 0 Å². The minimum atomic E-state index is -0.150. The van der Waals surface area contributed by atoms with E-state index in [1.165, 1.54) is 25.7 Å². The van der Waals surface area contributed by atoms with Crippen LogP contribution in [0.3, 0.4) is 0 Å². The topological polar surface area (TPSA) is 61.9 Å². The predicted octanol–water partition coefficient (Wildman–Crippen LogP) is 2.75. The van der Waals surface area contributed by atoms with Gasteiger partial charge in [0.05, 0.1) is 19.8 Å². The van der Waals surface area contributed by atoms with E-state index in [2.05, 4.69) is 10.2 Å². The maximum absolute atomic E-state index is 12.5. The van der Waals surface area contributed by atoms with Crippen LogP contribution in [-0.2, 0) is 14.3 Å². The van der Waals surface area contributed by atoms with Gasteiger partial charge in [-0.2, -0.15) is 0 Å². The molecule has 1 aliphatic heterocycles. The lowest BCUT2D eigenvalue weighted by molar-refractivity contribution is -0.134. The second-order valence-electron chi connectivity index (χ2n) is 8.58. The number of nitrogens with zero attached hydrogens (tertiary/aromatic N) is 2. The zero-order valence-electron chi connectivity index (χ0n) is 16.7. The first-order valence-corrected chi connectivity index (χ1v) is 10.5. The fourth-order valence-electron chi connectivity index (χ4n) is 5.09. The molecule has 0 aromatic heterocycles. The van der Waals surface area contributed by atoms with Gasteiger partial charge >= 0.3 is 0 Å². The van der Waals surface area contributed by atoms with Crippen LogP contribution in [0.2, 0.25) is 0 Å². The Kier molecular flexibility index (Phi) is 5.85. The van der Waals surface area contributed by atoms with Crippen LogP contribution in [0.15, 0.2) is 24.3 Å². The van der Waals surface area contributed by atoms with E-state index < -0.39 is 0 Å². The Labute approximate surface area is 167 Å². The summed E-state index contributed by atoms with van der Waals surface area (Å²) in [7, 11) is 1.73. The molecule has 28 heavy (non-hydrogen) atoms. The highest BCUT2D eigenvalue weighted by Crippen LogP contribution is 2.49. The van der Waals surface area contributed by atoms with Gasteiger partial charge < -0.3 is 19.9 Å². The Morgan fingerprint density at radius 2 is 1.89 bits per heavy atom. The number of rotatable bonds is 6. The van der Waals surface area contributed by atoms with E-state index in [-0.39, 0.29) is 18.4 Å². The van der Waals surface area contributed by atoms with Crippen LogP contribution in [0.1, 0.15) is 32.1 Å². The fraction of sp³-hybridized carbons (Fsp3) is 0.636. The molecule has 2 aliphatic carbocycles. The number of carbonyl (C=O) groups excluding carboxylic acids is 2. The molecule has 1 aromatic carbocycles. The fourth-order valence-corrected chi connectivity index (χ4v) is 5.09. The summed E-state index contributed by atoms with van der Waals surface area (Å²) >= 11 is 0. The molecule has 6 heteroatoms. The number of fused-ring (bicyclic) bond motifs is 2. The zero-order chi connectivity index (χ0) is 19.5. The van der Waals surface area contributed by atoms with Gasteiger partial charge in [-0.05, 0) is 61.3 Å². The maximum atomic E-state index is 12.5. The van der Waals surface area contributed by atoms with E-state index in [0.717, 1.165) is 49.5 Å². The van der Waals surface area contributed by atoms with Crippen LogP contribution in [0, 0.1) is 17.8 Å². The average Bonchev–Trinajstić information content (AvgIpc) is 3.32. The number of amides is 2. The van der Waals surface area contributed by atoms with Crippen LogP contribution in [0.5, 0.6) is 0 Å². The first kappa shape index (κ1) is 19.2. The lowest BCUT2D eigenvalue weighted by atomic mass is 9.86. The molecule has 3 fully saturated rings. The van der Waals surface area contributed by atoms with Crippen molar-refractivity contribution in [2.24, 2.45) is 17.8 Å². The summed E-state index contributed by atoms with van der Waals surface area (Å²) < 4.78 is 5.38. The highest BCUT2D eigenvalue weighted by Gasteiger charge is 2.40. The number of morpholine rings is 1. The van der Waals surface area contributed by atoms with Gasteiger partial charge in [-0.3, -0.25) is 9.59 Å². The number of hydrogen-bond acceptors (Lipinski definition) is 4. The number of benzene rings is 1. The zero-order valence-corrected chi connectivity index (χ0v) is 16.7. The van der Waals surface area contributed by atoms with Gasteiger partial charge in [-0.1, -0.05) is 6.42 Å². The number of carbonyl (C=O) groups is 2. The minimum Gasteiger partial charge on any atom is -0.378 e. The molecule has 0 spiro atoms. The Bertz CT molecular complexity index is 699. The molecule has 6 nitrogen and oxygen atoms in total. The molecule has 152 valence electrons. The standard InChI is InChI=1S/C22H31N3O3/c1-24(22(27)14-18-13-16-2-3-17(18)12-16)15-21(26)23-19-4-6-20(7-5-19)25-8-10-28-11-9-25/h4-7,16-18H,2-3,8-15H2,1H3,(H,23,26)/t16-,17+,18+/m0/s1. The molecule has 0 radical (unpaired) electrons. The molecule has 0 unspecified atom stereocenters. The largest absolute Gasteiger partial charge is 0.378 e.